The zero-order valence-corrected chi connectivity index (χ0v) is 13.4. The summed E-state index contributed by atoms with van der Waals surface area (Å²) in [6.45, 7) is 9.54. The maximum Gasteiger partial charge on any atom is 0.227 e. The number of halogens is 1. The van der Waals surface area contributed by atoms with Crippen LogP contribution in [0.25, 0.3) is 0 Å². The summed E-state index contributed by atoms with van der Waals surface area (Å²) in [5, 5.41) is 3.02. The summed E-state index contributed by atoms with van der Waals surface area (Å²) in [5.41, 5.74) is 0.965. The minimum atomic E-state index is -0.163. The highest BCUT2D eigenvalue weighted by molar-refractivity contribution is 9.10. The van der Waals surface area contributed by atoms with Gasteiger partial charge in [0.1, 0.15) is 5.82 Å². The molecule has 1 saturated heterocycles. The van der Waals surface area contributed by atoms with Gasteiger partial charge in [0, 0.05) is 29.3 Å². The van der Waals surface area contributed by atoms with Gasteiger partial charge in [-0.2, -0.15) is 0 Å². The lowest BCUT2D eigenvalue weighted by Gasteiger charge is -2.40. The van der Waals surface area contributed by atoms with Gasteiger partial charge in [-0.3, -0.25) is 4.79 Å². The van der Waals surface area contributed by atoms with E-state index in [0.29, 0.717) is 0 Å². The van der Waals surface area contributed by atoms with Crippen molar-refractivity contribution in [1.82, 2.24) is 10.3 Å². The Hall–Kier alpha value is -1.10. The monoisotopic (exact) mass is 325 g/mol. The van der Waals surface area contributed by atoms with Gasteiger partial charge in [-0.1, -0.05) is 0 Å². The number of hydrogen-bond acceptors (Lipinski definition) is 3. The molecule has 0 bridgehead atoms. The number of carbonyl (C=O) groups is 1. The number of anilines is 1. The maximum atomic E-state index is 12.0. The Labute approximate surface area is 122 Å². The Morgan fingerprint density at radius 3 is 2.63 bits per heavy atom. The molecule has 1 aliphatic heterocycles. The molecule has 1 aliphatic rings. The van der Waals surface area contributed by atoms with E-state index in [1.165, 1.54) is 0 Å². The van der Waals surface area contributed by atoms with Crippen molar-refractivity contribution >= 4 is 27.7 Å². The van der Waals surface area contributed by atoms with E-state index in [2.05, 4.69) is 31.1 Å². The van der Waals surface area contributed by atoms with Crippen molar-refractivity contribution in [2.24, 2.45) is 5.92 Å². The third kappa shape index (κ3) is 3.47. The van der Waals surface area contributed by atoms with Crippen LogP contribution in [0.1, 0.15) is 26.3 Å². The number of aryl methyl sites for hydroxylation is 1. The van der Waals surface area contributed by atoms with Crippen molar-refractivity contribution in [2.45, 2.75) is 33.2 Å². The molecule has 0 atom stereocenters. The quantitative estimate of drug-likeness (QED) is 0.908. The Bertz CT molecular complexity index is 490. The van der Waals surface area contributed by atoms with Crippen molar-refractivity contribution in [3.63, 3.8) is 0 Å². The van der Waals surface area contributed by atoms with Gasteiger partial charge in [0.25, 0.3) is 0 Å². The highest BCUT2D eigenvalue weighted by Gasteiger charge is 2.35. The molecule has 1 amide bonds. The number of rotatable bonds is 2. The number of hydrogen-bond donors (Lipinski definition) is 1. The molecule has 2 heterocycles. The standard InChI is InChI=1S/C14H20BrN3O/c1-9-5-11(15)6-16-12(9)18-7-10(8-18)13(19)17-14(2,3)4/h5-6,10H,7-8H2,1-4H3,(H,17,19). The summed E-state index contributed by atoms with van der Waals surface area (Å²) in [6.07, 6.45) is 1.80. The second kappa shape index (κ2) is 5.12. The fraction of sp³-hybridized carbons (Fsp3) is 0.571. The van der Waals surface area contributed by atoms with Crippen molar-refractivity contribution in [3.05, 3.63) is 22.3 Å². The number of carbonyl (C=O) groups excluding carboxylic acids is 1. The summed E-state index contributed by atoms with van der Waals surface area (Å²) in [4.78, 5) is 18.6. The minimum absolute atomic E-state index is 0.0732. The molecule has 0 radical (unpaired) electrons. The summed E-state index contributed by atoms with van der Waals surface area (Å²) >= 11 is 3.41. The minimum Gasteiger partial charge on any atom is -0.355 e. The van der Waals surface area contributed by atoms with Gasteiger partial charge < -0.3 is 10.2 Å². The molecule has 104 valence electrons. The molecule has 1 aromatic heterocycles. The van der Waals surface area contributed by atoms with Crippen LogP contribution in [0.4, 0.5) is 5.82 Å². The van der Waals surface area contributed by atoms with Crippen LogP contribution in [0, 0.1) is 12.8 Å². The first-order valence-electron chi connectivity index (χ1n) is 6.45. The molecule has 1 fully saturated rings. The Kier molecular flexibility index (Phi) is 3.85. The molecular formula is C14H20BrN3O. The third-order valence-electron chi connectivity index (χ3n) is 3.07. The van der Waals surface area contributed by atoms with Crippen LogP contribution >= 0.6 is 15.9 Å². The Morgan fingerprint density at radius 2 is 2.11 bits per heavy atom. The molecule has 0 unspecified atom stereocenters. The van der Waals surface area contributed by atoms with E-state index in [0.717, 1.165) is 28.9 Å². The molecule has 0 aliphatic carbocycles. The van der Waals surface area contributed by atoms with Gasteiger partial charge in [-0.15, -0.1) is 0 Å². The van der Waals surface area contributed by atoms with E-state index in [1.54, 1.807) is 6.20 Å². The van der Waals surface area contributed by atoms with Crippen LogP contribution in [0.5, 0.6) is 0 Å². The molecule has 5 heteroatoms. The van der Waals surface area contributed by atoms with Crippen molar-refractivity contribution in [1.29, 1.82) is 0 Å². The van der Waals surface area contributed by atoms with E-state index in [9.17, 15) is 4.79 Å². The topological polar surface area (TPSA) is 45.2 Å². The van der Waals surface area contributed by atoms with Gasteiger partial charge in [-0.25, -0.2) is 4.98 Å². The lowest BCUT2D eigenvalue weighted by molar-refractivity contribution is -0.127. The normalized spacial score (nSPS) is 16.2. The summed E-state index contributed by atoms with van der Waals surface area (Å²) < 4.78 is 0.983. The van der Waals surface area contributed by atoms with Gasteiger partial charge in [0.05, 0.1) is 5.92 Å². The largest absolute Gasteiger partial charge is 0.355 e. The number of nitrogens with one attached hydrogen (secondary N) is 1. The molecular weight excluding hydrogens is 306 g/mol. The molecule has 2 rings (SSSR count). The first-order chi connectivity index (χ1) is 8.76. The van der Waals surface area contributed by atoms with Gasteiger partial charge in [0.2, 0.25) is 5.91 Å². The van der Waals surface area contributed by atoms with Gasteiger partial charge in [-0.05, 0) is 55.3 Å². The van der Waals surface area contributed by atoms with Crippen LogP contribution in [-0.4, -0.2) is 29.5 Å². The van der Waals surface area contributed by atoms with Gasteiger partial charge >= 0.3 is 0 Å². The van der Waals surface area contributed by atoms with E-state index < -0.39 is 0 Å². The predicted octanol–water partition coefficient (Wildman–Crippen LogP) is 2.50. The van der Waals surface area contributed by atoms with E-state index in [-0.39, 0.29) is 17.4 Å². The van der Waals surface area contributed by atoms with Crippen molar-refractivity contribution in [2.75, 3.05) is 18.0 Å². The molecule has 0 spiro atoms. The third-order valence-corrected chi connectivity index (χ3v) is 3.50. The van der Waals surface area contributed by atoms with Crippen LogP contribution < -0.4 is 10.2 Å². The van der Waals surface area contributed by atoms with Crippen LogP contribution in [0.2, 0.25) is 0 Å². The fourth-order valence-electron chi connectivity index (χ4n) is 2.15. The van der Waals surface area contributed by atoms with Crippen molar-refractivity contribution < 1.29 is 4.79 Å². The summed E-state index contributed by atoms with van der Waals surface area (Å²) in [7, 11) is 0. The molecule has 1 N–H and O–H groups in total. The van der Waals surface area contributed by atoms with Crippen LogP contribution in [0.3, 0.4) is 0 Å². The zero-order valence-electron chi connectivity index (χ0n) is 11.8. The zero-order chi connectivity index (χ0) is 14.2. The lowest BCUT2D eigenvalue weighted by Crippen LogP contribution is -2.57. The van der Waals surface area contributed by atoms with E-state index in [1.807, 2.05) is 33.8 Å². The molecule has 19 heavy (non-hydrogen) atoms. The van der Waals surface area contributed by atoms with Gasteiger partial charge in [0.15, 0.2) is 0 Å². The lowest BCUT2D eigenvalue weighted by atomic mass is 9.96. The van der Waals surface area contributed by atoms with Crippen LogP contribution in [-0.2, 0) is 4.79 Å². The number of nitrogens with zero attached hydrogens (tertiary/aromatic N) is 2. The molecule has 0 saturated carbocycles. The average molecular weight is 326 g/mol. The van der Waals surface area contributed by atoms with Crippen molar-refractivity contribution in [3.8, 4) is 0 Å². The number of amides is 1. The second-order valence-electron chi connectivity index (χ2n) is 6.14. The Morgan fingerprint density at radius 1 is 1.47 bits per heavy atom. The highest BCUT2D eigenvalue weighted by atomic mass is 79.9. The number of pyridine rings is 1. The highest BCUT2D eigenvalue weighted by Crippen LogP contribution is 2.27. The SMILES string of the molecule is Cc1cc(Br)cnc1N1CC(C(=O)NC(C)(C)C)C1. The molecule has 0 aromatic carbocycles. The average Bonchev–Trinajstić information content (AvgIpc) is 2.16. The smallest absolute Gasteiger partial charge is 0.227 e. The first-order valence-corrected chi connectivity index (χ1v) is 7.25. The summed E-state index contributed by atoms with van der Waals surface area (Å²) in [6, 6.07) is 2.05. The van der Waals surface area contributed by atoms with E-state index in [4.69, 9.17) is 0 Å². The number of aromatic nitrogens is 1. The molecule has 4 nitrogen and oxygen atoms in total. The maximum absolute atomic E-state index is 12.0. The Balaban J connectivity index is 1.94. The molecule has 1 aromatic rings. The van der Waals surface area contributed by atoms with E-state index >= 15 is 0 Å². The first kappa shape index (κ1) is 14.3. The summed E-state index contributed by atoms with van der Waals surface area (Å²) in [5.74, 6) is 1.19. The second-order valence-corrected chi connectivity index (χ2v) is 7.05. The fourth-order valence-corrected chi connectivity index (χ4v) is 2.60. The predicted molar refractivity (Wildman–Crippen MR) is 80.3 cm³/mol. The van der Waals surface area contributed by atoms with Crippen LogP contribution in [0.15, 0.2) is 16.7 Å².